The summed E-state index contributed by atoms with van der Waals surface area (Å²) in [6.07, 6.45) is 4.38. The Kier molecular flexibility index (Phi) is 3.68. The van der Waals surface area contributed by atoms with Crippen LogP contribution in [0.25, 0.3) is 0 Å². The largest absolute Gasteiger partial charge is 0.307 e. The average molecular weight is 304 g/mol. The summed E-state index contributed by atoms with van der Waals surface area (Å²) in [5.74, 6) is 0.676. The van der Waals surface area contributed by atoms with Crippen LogP contribution in [-0.4, -0.2) is 16.0 Å². The van der Waals surface area contributed by atoms with Crippen LogP contribution >= 0.6 is 23.2 Å². The molecule has 1 fully saturated rings. The van der Waals surface area contributed by atoms with Crippen molar-refractivity contribution in [1.82, 2.24) is 5.32 Å². The molecule has 5 heteroatoms. The molecule has 1 heterocycles. The molecule has 1 saturated carbocycles. The summed E-state index contributed by atoms with van der Waals surface area (Å²) in [5.41, 5.74) is 0.965. The topological polar surface area (TPSA) is 29.1 Å². The third-order valence-electron chi connectivity index (χ3n) is 3.51. The number of nitrogens with one attached hydrogen (secondary N) is 1. The van der Waals surface area contributed by atoms with Crippen LogP contribution in [0.3, 0.4) is 0 Å². The highest BCUT2D eigenvalue weighted by atomic mass is 35.5. The molecule has 0 aromatic heterocycles. The van der Waals surface area contributed by atoms with Crippen molar-refractivity contribution in [3.63, 3.8) is 0 Å². The van der Waals surface area contributed by atoms with Crippen LogP contribution in [0, 0.1) is 0 Å². The van der Waals surface area contributed by atoms with Crippen molar-refractivity contribution in [2.45, 2.75) is 42.7 Å². The van der Waals surface area contributed by atoms with Gasteiger partial charge in [-0.05, 0) is 37.8 Å². The average Bonchev–Trinajstić information content (AvgIpc) is 3.14. The first-order valence-corrected chi connectivity index (χ1v) is 8.36. The van der Waals surface area contributed by atoms with E-state index in [-0.39, 0.29) is 6.04 Å². The minimum atomic E-state index is -1.03. The maximum absolute atomic E-state index is 12.3. The van der Waals surface area contributed by atoms with Crippen LogP contribution in [0.5, 0.6) is 0 Å². The van der Waals surface area contributed by atoms with Gasteiger partial charge in [0.1, 0.15) is 0 Å². The fourth-order valence-electron chi connectivity index (χ4n) is 2.47. The van der Waals surface area contributed by atoms with E-state index in [2.05, 4.69) is 5.32 Å². The van der Waals surface area contributed by atoms with Crippen LogP contribution in [0.4, 0.5) is 0 Å². The number of benzene rings is 1. The van der Waals surface area contributed by atoms with Gasteiger partial charge in [0.25, 0.3) is 0 Å². The smallest absolute Gasteiger partial charge is 0.0636 e. The summed E-state index contributed by atoms with van der Waals surface area (Å²) in [6, 6.07) is 4.36. The molecule has 1 aliphatic carbocycles. The van der Waals surface area contributed by atoms with Gasteiger partial charge in [0.2, 0.25) is 0 Å². The molecule has 2 atom stereocenters. The van der Waals surface area contributed by atoms with Gasteiger partial charge in [0.15, 0.2) is 0 Å². The third-order valence-corrected chi connectivity index (χ3v) is 5.82. The summed E-state index contributed by atoms with van der Waals surface area (Å²) >= 11 is 12.5. The summed E-state index contributed by atoms with van der Waals surface area (Å²) in [7, 11) is -1.03. The van der Waals surface area contributed by atoms with Crippen LogP contribution in [-0.2, 0) is 10.8 Å². The van der Waals surface area contributed by atoms with Crippen molar-refractivity contribution >= 4 is 34.0 Å². The first-order valence-electron chi connectivity index (χ1n) is 6.29. The van der Waals surface area contributed by atoms with E-state index >= 15 is 0 Å². The van der Waals surface area contributed by atoms with Crippen molar-refractivity contribution in [3.8, 4) is 0 Å². The van der Waals surface area contributed by atoms with E-state index in [1.54, 1.807) is 6.07 Å². The predicted octanol–water partition coefficient (Wildman–Crippen LogP) is 3.69. The van der Waals surface area contributed by atoms with Gasteiger partial charge in [-0.1, -0.05) is 23.2 Å². The van der Waals surface area contributed by atoms with Crippen molar-refractivity contribution in [2.75, 3.05) is 5.75 Å². The van der Waals surface area contributed by atoms with E-state index in [1.807, 2.05) is 6.07 Å². The molecule has 3 rings (SSSR count). The number of rotatable bonds is 2. The highest BCUT2D eigenvalue weighted by molar-refractivity contribution is 7.85. The Morgan fingerprint density at radius 1 is 1.17 bits per heavy atom. The maximum atomic E-state index is 12.3. The second kappa shape index (κ2) is 5.12. The first kappa shape index (κ1) is 12.9. The Morgan fingerprint density at radius 2 is 1.89 bits per heavy atom. The molecular formula is C13H15Cl2NOS. The number of hydrogen-bond acceptors (Lipinski definition) is 2. The van der Waals surface area contributed by atoms with Gasteiger partial charge < -0.3 is 5.32 Å². The van der Waals surface area contributed by atoms with Crippen LogP contribution in [0.2, 0.25) is 10.0 Å². The molecule has 0 spiro atoms. The van der Waals surface area contributed by atoms with Gasteiger partial charge >= 0.3 is 0 Å². The van der Waals surface area contributed by atoms with Crippen LogP contribution in [0.1, 0.15) is 37.3 Å². The van der Waals surface area contributed by atoms with Crippen molar-refractivity contribution in [3.05, 3.63) is 27.7 Å². The Bertz CT molecular complexity index is 502. The normalized spacial score (nSPS) is 27.7. The molecule has 0 radical (unpaired) electrons. The van der Waals surface area contributed by atoms with Crippen LogP contribution in [0.15, 0.2) is 17.0 Å². The van der Waals surface area contributed by atoms with Gasteiger partial charge in [0, 0.05) is 28.4 Å². The highest BCUT2D eigenvalue weighted by Crippen LogP contribution is 2.40. The molecule has 0 bridgehead atoms. The van der Waals surface area contributed by atoms with Crippen LogP contribution < -0.4 is 5.32 Å². The summed E-state index contributed by atoms with van der Waals surface area (Å²) in [4.78, 5) is 0.750. The molecule has 2 unspecified atom stereocenters. The van der Waals surface area contributed by atoms with Crippen molar-refractivity contribution in [1.29, 1.82) is 0 Å². The van der Waals surface area contributed by atoms with Gasteiger partial charge in [-0.15, -0.1) is 0 Å². The molecule has 18 heavy (non-hydrogen) atoms. The van der Waals surface area contributed by atoms with E-state index in [4.69, 9.17) is 23.2 Å². The van der Waals surface area contributed by atoms with Gasteiger partial charge in [-0.2, -0.15) is 0 Å². The zero-order valence-corrected chi connectivity index (χ0v) is 12.2. The number of halogens is 2. The van der Waals surface area contributed by atoms with E-state index < -0.39 is 10.8 Å². The van der Waals surface area contributed by atoms with Crippen molar-refractivity contribution in [2.24, 2.45) is 0 Å². The summed E-state index contributed by atoms with van der Waals surface area (Å²) in [6.45, 7) is 0. The minimum Gasteiger partial charge on any atom is -0.307 e. The van der Waals surface area contributed by atoms with E-state index in [1.165, 1.54) is 12.8 Å². The fourth-order valence-corrected chi connectivity index (χ4v) is 4.66. The monoisotopic (exact) mass is 303 g/mol. The Hall–Kier alpha value is -0.0900. The Morgan fingerprint density at radius 3 is 2.61 bits per heavy atom. The predicted molar refractivity (Wildman–Crippen MR) is 75.9 cm³/mol. The SMILES string of the molecule is O=S1CCCC(NC2CC2)c2c(Cl)ccc(Cl)c21. The van der Waals surface area contributed by atoms with E-state index in [0.29, 0.717) is 21.8 Å². The lowest BCUT2D eigenvalue weighted by Crippen LogP contribution is -2.24. The molecule has 0 saturated heterocycles. The van der Waals surface area contributed by atoms with Crippen molar-refractivity contribution < 1.29 is 4.21 Å². The van der Waals surface area contributed by atoms with Gasteiger partial charge in [0.05, 0.1) is 20.7 Å². The lowest BCUT2D eigenvalue weighted by Gasteiger charge is -2.20. The first-order chi connectivity index (χ1) is 8.66. The van der Waals surface area contributed by atoms with E-state index in [9.17, 15) is 4.21 Å². The molecule has 98 valence electrons. The van der Waals surface area contributed by atoms with Gasteiger partial charge in [-0.25, -0.2) is 0 Å². The summed E-state index contributed by atoms with van der Waals surface area (Å²) < 4.78 is 12.3. The molecule has 1 N–H and O–H groups in total. The fraction of sp³-hybridized carbons (Fsp3) is 0.538. The molecule has 1 aliphatic heterocycles. The molecule has 2 aliphatic rings. The third kappa shape index (κ3) is 2.46. The molecule has 2 nitrogen and oxygen atoms in total. The lowest BCUT2D eigenvalue weighted by atomic mass is 10.0. The zero-order valence-electron chi connectivity index (χ0n) is 9.92. The maximum Gasteiger partial charge on any atom is 0.0636 e. The standard InChI is InChI=1S/C13H15Cl2NOS/c14-9-5-6-10(15)13-12(9)11(16-8-3-4-8)2-1-7-18(13)17/h5-6,8,11,16H,1-4,7H2. The number of hydrogen-bond donors (Lipinski definition) is 1. The molecular weight excluding hydrogens is 289 g/mol. The lowest BCUT2D eigenvalue weighted by molar-refractivity contribution is 0.490. The molecule has 1 aromatic carbocycles. The Labute approximate surface area is 120 Å². The summed E-state index contributed by atoms with van der Waals surface area (Å²) in [5, 5.41) is 4.86. The van der Waals surface area contributed by atoms with Gasteiger partial charge in [-0.3, -0.25) is 4.21 Å². The highest BCUT2D eigenvalue weighted by Gasteiger charge is 2.31. The second-order valence-corrected chi connectivity index (χ2v) is 7.28. The number of fused-ring (bicyclic) bond motifs is 1. The zero-order chi connectivity index (χ0) is 12.7. The Balaban J connectivity index is 2.07. The molecule has 1 aromatic rings. The quantitative estimate of drug-likeness (QED) is 0.903. The van der Waals surface area contributed by atoms with E-state index in [0.717, 1.165) is 23.3 Å². The molecule has 0 amide bonds. The second-order valence-electron chi connectivity index (χ2n) is 4.96. The minimum absolute atomic E-state index is 0.199.